The topological polar surface area (TPSA) is 17.1 Å². The molecule has 0 fully saturated rings. The van der Waals surface area contributed by atoms with Crippen LogP contribution in [0.1, 0.15) is 15.9 Å². The molecule has 0 unspecified atom stereocenters. The standard InChI is InChI=1S/C12H12O/c1-3-4-5-12(13)11-8-6-10(2)7-9-11/h3-9H,1H2,2H3. The number of ketones is 1. The van der Waals surface area contributed by atoms with Gasteiger partial charge in [0.25, 0.3) is 0 Å². The SMILES string of the molecule is C=CC=CC(=O)c1ccc(C)cc1. The Morgan fingerprint density at radius 3 is 2.46 bits per heavy atom. The minimum Gasteiger partial charge on any atom is -0.289 e. The maximum absolute atomic E-state index is 11.4. The first kappa shape index (κ1) is 9.46. The highest BCUT2D eigenvalue weighted by molar-refractivity contribution is 6.04. The van der Waals surface area contributed by atoms with Crippen molar-refractivity contribution in [2.45, 2.75) is 6.92 Å². The second-order valence-electron chi connectivity index (χ2n) is 2.83. The van der Waals surface area contributed by atoms with E-state index in [1.165, 1.54) is 6.08 Å². The van der Waals surface area contributed by atoms with Crippen LogP contribution in [0.25, 0.3) is 0 Å². The fraction of sp³-hybridized carbons (Fsp3) is 0.0833. The Labute approximate surface area is 78.4 Å². The van der Waals surface area contributed by atoms with Crippen molar-refractivity contribution in [2.24, 2.45) is 0 Å². The fourth-order valence-corrected chi connectivity index (χ4v) is 0.969. The highest BCUT2D eigenvalue weighted by Gasteiger charge is 1.98. The van der Waals surface area contributed by atoms with Crippen molar-refractivity contribution in [3.63, 3.8) is 0 Å². The molecule has 0 aromatic heterocycles. The number of aryl methyl sites for hydroxylation is 1. The number of hydrogen-bond donors (Lipinski definition) is 0. The molecule has 1 aromatic rings. The van der Waals surface area contributed by atoms with E-state index in [-0.39, 0.29) is 5.78 Å². The quantitative estimate of drug-likeness (QED) is 0.389. The average Bonchev–Trinajstić information content (AvgIpc) is 2.15. The van der Waals surface area contributed by atoms with E-state index >= 15 is 0 Å². The summed E-state index contributed by atoms with van der Waals surface area (Å²) in [5, 5.41) is 0. The second kappa shape index (κ2) is 4.41. The molecule has 0 saturated heterocycles. The van der Waals surface area contributed by atoms with Crippen LogP contribution in [-0.4, -0.2) is 5.78 Å². The summed E-state index contributed by atoms with van der Waals surface area (Å²) in [4.78, 5) is 11.4. The number of carbonyl (C=O) groups excluding carboxylic acids is 1. The molecule has 13 heavy (non-hydrogen) atoms. The molecule has 0 aliphatic carbocycles. The Morgan fingerprint density at radius 1 is 1.31 bits per heavy atom. The van der Waals surface area contributed by atoms with Crippen molar-refractivity contribution in [1.82, 2.24) is 0 Å². The van der Waals surface area contributed by atoms with Crippen LogP contribution < -0.4 is 0 Å². The van der Waals surface area contributed by atoms with Gasteiger partial charge in [-0.15, -0.1) is 0 Å². The number of allylic oxidation sites excluding steroid dienone is 3. The summed E-state index contributed by atoms with van der Waals surface area (Å²) in [7, 11) is 0. The van der Waals surface area contributed by atoms with Gasteiger partial charge in [-0.1, -0.05) is 48.6 Å². The third-order valence-corrected chi connectivity index (χ3v) is 1.72. The van der Waals surface area contributed by atoms with Crippen molar-refractivity contribution in [3.05, 3.63) is 60.2 Å². The number of carbonyl (C=O) groups is 1. The highest BCUT2D eigenvalue weighted by Crippen LogP contribution is 2.04. The third-order valence-electron chi connectivity index (χ3n) is 1.72. The van der Waals surface area contributed by atoms with Gasteiger partial charge in [0.15, 0.2) is 5.78 Å². The van der Waals surface area contributed by atoms with Crippen molar-refractivity contribution in [3.8, 4) is 0 Å². The van der Waals surface area contributed by atoms with Crippen LogP contribution >= 0.6 is 0 Å². The lowest BCUT2D eigenvalue weighted by atomic mass is 10.1. The van der Waals surface area contributed by atoms with Crippen molar-refractivity contribution >= 4 is 5.78 Å². The Bertz CT molecular complexity index is 331. The molecule has 1 nitrogen and oxygen atoms in total. The van der Waals surface area contributed by atoms with Crippen LogP contribution in [-0.2, 0) is 0 Å². The normalized spacial score (nSPS) is 10.2. The Hall–Kier alpha value is -1.63. The molecular formula is C12H12O. The van der Waals surface area contributed by atoms with Gasteiger partial charge in [0.05, 0.1) is 0 Å². The van der Waals surface area contributed by atoms with E-state index in [0.717, 1.165) is 5.56 Å². The van der Waals surface area contributed by atoms with E-state index in [1.54, 1.807) is 12.2 Å². The van der Waals surface area contributed by atoms with Crippen LogP contribution in [0.2, 0.25) is 0 Å². The maximum Gasteiger partial charge on any atom is 0.185 e. The zero-order valence-corrected chi connectivity index (χ0v) is 7.66. The predicted octanol–water partition coefficient (Wildman–Crippen LogP) is 2.92. The van der Waals surface area contributed by atoms with Crippen LogP contribution in [0.5, 0.6) is 0 Å². The molecule has 0 bridgehead atoms. The van der Waals surface area contributed by atoms with E-state index in [2.05, 4.69) is 6.58 Å². The summed E-state index contributed by atoms with van der Waals surface area (Å²) in [5.41, 5.74) is 1.87. The van der Waals surface area contributed by atoms with Crippen LogP contribution in [0, 0.1) is 6.92 Å². The second-order valence-corrected chi connectivity index (χ2v) is 2.83. The molecule has 0 atom stereocenters. The molecule has 0 aliphatic heterocycles. The zero-order chi connectivity index (χ0) is 9.68. The lowest BCUT2D eigenvalue weighted by Gasteiger charge is -1.95. The molecule has 1 heteroatoms. The lowest BCUT2D eigenvalue weighted by Crippen LogP contribution is -1.93. The molecule has 1 rings (SSSR count). The van der Waals surface area contributed by atoms with Gasteiger partial charge in [-0.25, -0.2) is 0 Å². The molecule has 0 amide bonds. The van der Waals surface area contributed by atoms with Gasteiger partial charge >= 0.3 is 0 Å². The van der Waals surface area contributed by atoms with Gasteiger partial charge in [-0.05, 0) is 13.0 Å². The molecule has 0 spiro atoms. The van der Waals surface area contributed by atoms with Crippen LogP contribution in [0.4, 0.5) is 0 Å². The van der Waals surface area contributed by atoms with E-state index in [4.69, 9.17) is 0 Å². The van der Waals surface area contributed by atoms with Crippen LogP contribution in [0.15, 0.2) is 49.1 Å². The van der Waals surface area contributed by atoms with Gasteiger partial charge < -0.3 is 0 Å². The average molecular weight is 172 g/mol. The van der Waals surface area contributed by atoms with Gasteiger partial charge in [0.1, 0.15) is 0 Å². The summed E-state index contributed by atoms with van der Waals surface area (Å²) in [6.07, 6.45) is 4.74. The summed E-state index contributed by atoms with van der Waals surface area (Å²) in [6.45, 7) is 5.50. The molecule has 0 saturated carbocycles. The fourth-order valence-electron chi connectivity index (χ4n) is 0.969. The minimum absolute atomic E-state index is 0.0138. The largest absolute Gasteiger partial charge is 0.289 e. The smallest absolute Gasteiger partial charge is 0.185 e. The summed E-state index contributed by atoms with van der Waals surface area (Å²) >= 11 is 0. The van der Waals surface area contributed by atoms with Gasteiger partial charge in [-0.2, -0.15) is 0 Å². The van der Waals surface area contributed by atoms with E-state index in [9.17, 15) is 4.79 Å². The Morgan fingerprint density at radius 2 is 1.92 bits per heavy atom. The predicted molar refractivity (Wildman–Crippen MR) is 54.8 cm³/mol. The lowest BCUT2D eigenvalue weighted by molar-refractivity contribution is 0.104. The molecule has 0 heterocycles. The summed E-state index contributed by atoms with van der Waals surface area (Å²) in [6, 6.07) is 7.50. The van der Waals surface area contributed by atoms with E-state index < -0.39 is 0 Å². The summed E-state index contributed by atoms with van der Waals surface area (Å²) in [5.74, 6) is 0.0138. The van der Waals surface area contributed by atoms with Gasteiger partial charge in [0.2, 0.25) is 0 Å². The number of rotatable bonds is 3. The van der Waals surface area contributed by atoms with Crippen LogP contribution in [0.3, 0.4) is 0 Å². The molecule has 66 valence electrons. The third kappa shape index (κ3) is 2.71. The number of hydrogen-bond acceptors (Lipinski definition) is 1. The molecule has 0 radical (unpaired) electrons. The zero-order valence-electron chi connectivity index (χ0n) is 7.66. The van der Waals surface area contributed by atoms with Crippen molar-refractivity contribution in [1.29, 1.82) is 0 Å². The van der Waals surface area contributed by atoms with E-state index in [0.29, 0.717) is 5.56 Å². The van der Waals surface area contributed by atoms with Crippen molar-refractivity contribution in [2.75, 3.05) is 0 Å². The van der Waals surface area contributed by atoms with Crippen molar-refractivity contribution < 1.29 is 4.79 Å². The Kier molecular flexibility index (Phi) is 3.21. The maximum atomic E-state index is 11.4. The van der Waals surface area contributed by atoms with Gasteiger partial charge in [0, 0.05) is 5.56 Å². The first-order valence-corrected chi connectivity index (χ1v) is 4.14. The van der Waals surface area contributed by atoms with Gasteiger partial charge in [-0.3, -0.25) is 4.79 Å². The first-order valence-electron chi connectivity index (χ1n) is 4.14. The van der Waals surface area contributed by atoms with E-state index in [1.807, 2.05) is 31.2 Å². The molecule has 0 N–H and O–H groups in total. The first-order chi connectivity index (χ1) is 6.24. The summed E-state index contributed by atoms with van der Waals surface area (Å²) < 4.78 is 0. The molecular weight excluding hydrogens is 160 g/mol. The molecule has 0 aliphatic rings. The monoisotopic (exact) mass is 172 g/mol. The molecule has 1 aromatic carbocycles. The minimum atomic E-state index is 0.0138. The highest BCUT2D eigenvalue weighted by atomic mass is 16.1. The Balaban J connectivity index is 2.83. The number of benzene rings is 1.